The van der Waals surface area contributed by atoms with Crippen molar-refractivity contribution in [3.8, 4) is 0 Å². The second-order valence-electron chi connectivity index (χ2n) is 2.51. The minimum atomic E-state index is 0.708. The van der Waals surface area contributed by atoms with Gasteiger partial charge in [0.15, 0.2) is 0 Å². The van der Waals surface area contributed by atoms with Crippen molar-refractivity contribution in [3.63, 3.8) is 0 Å². The molecule has 41 valence electrons. The molecule has 0 aliphatic carbocycles. The zero-order chi connectivity index (χ0) is 5.28. The van der Waals surface area contributed by atoms with Gasteiger partial charge in [-0.05, 0) is 12.3 Å². The number of hydrogen-bond acceptors (Lipinski definition) is 0. The molecule has 0 N–H and O–H groups in total. The Balaban J connectivity index is 2.14. The Morgan fingerprint density at radius 1 is 1.57 bits per heavy atom. The molecule has 1 unspecified atom stereocenters. The third kappa shape index (κ3) is 0.942. The Labute approximate surface area is 45.1 Å². The van der Waals surface area contributed by atoms with E-state index in [1.807, 2.05) is 0 Å². The van der Waals surface area contributed by atoms with Crippen LogP contribution in [0.25, 0.3) is 0 Å². The lowest BCUT2D eigenvalue weighted by atomic mass is 9.95. The van der Waals surface area contributed by atoms with Gasteiger partial charge in [0, 0.05) is 12.6 Å². The summed E-state index contributed by atoms with van der Waals surface area (Å²) in [6, 6.07) is 0.708. The summed E-state index contributed by atoms with van der Waals surface area (Å²) in [5, 5.41) is 4.27. The van der Waals surface area contributed by atoms with Crippen molar-refractivity contribution in [1.29, 1.82) is 0 Å². The van der Waals surface area contributed by atoms with Crippen LogP contribution in [0, 0.1) is 5.92 Å². The van der Waals surface area contributed by atoms with Crippen molar-refractivity contribution in [3.05, 3.63) is 0 Å². The molecule has 0 saturated carbocycles. The molecule has 1 aliphatic rings. The highest BCUT2D eigenvalue weighted by Gasteiger charge is 2.20. The van der Waals surface area contributed by atoms with Crippen molar-refractivity contribution in [2.45, 2.75) is 26.3 Å². The predicted molar refractivity (Wildman–Crippen MR) is 30.2 cm³/mol. The SMILES string of the molecule is CC(C)C1CC[N]1. The molecule has 0 aromatic rings. The molecule has 0 bridgehead atoms. The maximum Gasteiger partial charge on any atom is 0.0281 e. The summed E-state index contributed by atoms with van der Waals surface area (Å²) in [6.07, 6.45) is 1.33. The van der Waals surface area contributed by atoms with Crippen LogP contribution in [0.1, 0.15) is 20.3 Å². The van der Waals surface area contributed by atoms with Gasteiger partial charge in [-0.1, -0.05) is 13.8 Å². The number of hydrogen-bond donors (Lipinski definition) is 0. The van der Waals surface area contributed by atoms with E-state index in [0.717, 1.165) is 12.5 Å². The molecule has 0 aromatic heterocycles. The highest BCUT2D eigenvalue weighted by atomic mass is 15.0. The fraction of sp³-hybridized carbons (Fsp3) is 1.00. The standard InChI is InChI=1S/C6H12N/c1-5(2)6-3-4-7-6/h5-6H,3-4H2,1-2H3. The fourth-order valence-electron chi connectivity index (χ4n) is 0.822. The van der Waals surface area contributed by atoms with Crippen LogP contribution in [0.5, 0.6) is 0 Å². The first-order chi connectivity index (χ1) is 3.30. The molecule has 0 aromatic carbocycles. The third-order valence-corrected chi connectivity index (χ3v) is 1.56. The van der Waals surface area contributed by atoms with E-state index in [2.05, 4.69) is 19.2 Å². The lowest BCUT2D eigenvalue weighted by Crippen LogP contribution is -2.40. The van der Waals surface area contributed by atoms with Crippen LogP contribution in [-0.4, -0.2) is 12.6 Å². The van der Waals surface area contributed by atoms with E-state index < -0.39 is 0 Å². The first kappa shape index (κ1) is 5.10. The van der Waals surface area contributed by atoms with Crippen molar-refractivity contribution < 1.29 is 0 Å². The van der Waals surface area contributed by atoms with E-state index in [-0.39, 0.29) is 0 Å². The van der Waals surface area contributed by atoms with Crippen molar-refractivity contribution in [2.24, 2.45) is 5.92 Å². The molecule has 0 amide bonds. The van der Waals surface area contributed by atoms with E-state index in [9.17, 15) is 0 Å². The predicted octanol–water partition coefficient (Wildman–Crippen LogP) is 1.02. The Hall–Kier alpha value is -0.0400. The van der Waals surface area contributed by atoms with Gasteiger partial charge in [-0.25, -0.2) is 5.32 Å². The first-order valence-electron chi connectivity index (χ1n) is 2.97. The Bertz CT molecular complexity index is 55.2. The molecule has 1 fully saturated rings. The highest BCUT2D eigenvalue weighted by molar-refractivity contribution is 4.78. The van der Waals surface area contributed by atoms with E-state index in [1.54, 1.807) is 0 Å². The summed E-state index contributed by atoms with van der Waals surface area (Å²) in [6.45, 7) is 5.57. The van der Waals surface area contributed by atoms with Gasteiger partial charge < -0.3 is 0 Å². The molecule has 1 rings (SSSR count). The Morgan fingerprint density at radius 3 is 2.14 bits per heavy atom. The summed E-state index contributed by atoms with van der Waals surface area (Å²) in [4.78, 5) is 0. The second-order valence-corrected chi connectivity index (χ2v) is 2.51. The van der Waals surface area contributed by atoms with Gasteiger partial charge in [-0.2, -0.15) is 0 Å². The van der Waals surface area contributed by atoms with Crippen LogP contribution < -0.4 is 5.32 Å². The average Bonchev–Trinajstić information content (AvgIpc) is 1.23. The highest BCUT2D eigenvalue weighted by Crippen LogP contribution is 2.13. The molecule has 1 heteroatoms. The van der Waals surface area contributed by atoms with Gasteiger partial charge in [0.1, 0.15) is 0 Å². The van der Waals surface area contributed by atoms with E-state index in [0.29, 0.717) is 6.04 Å². The Morgan fingerprint density at radius 2 is 2.14 bits per heavy atom. The van der Waals surface area contributed by atoms with Gasteiger partial charge in [-0.15, -0.1) is 0 Å². The van der Waals surface area contributed by atoms with Gasteiger partial charge in [0.2, 0.25) is 0 Å². The summed E-state index contributed by atoms with van der Waals surface area (Å²) in [7, 11) is 0. The topological polar surface area (TPSA) is 14.1 Å². The minimum Gasteiger partial charge on any atom is -0.238 e. The quantitative estimate of drug-likeness (QED) is 0.465. The van der Waals surface area contributed by atoms with Crippen LogP contribution in [-0.2, 0) is 0 Å². The smallest absolute Gasteiger partial charge is 0.0281 e. The first-order valence-corrected chi connectivity index (χ1v) is 2.97. The van der Waals surface area contributed by atoms with Crippen LogP contribution in [0.3, 0.4) is 0 Å². The van der Waals surface area contributed by atoms with Gasteiger partial charge >= 0.3 is 0 Å². The fourth-order valence-corrected chi connectivity index (χ4v) is 0.822. The summed E-state index contributed by atoms with van der Waals surface area (Å²) in [5.74, 6) is 0.786. The molecule has 1 atom stereocenters. The van der Waals surface area contributed by atoms with Crippen LogP contribution in [0.15, 0.2) is 0 Å². The maximum absolute atomic E-state index is 4.27. The lowest BCUT2D eigenvalue weighted by Gasteiger charge is -2.28. The number of rotatable bonds is 1. The molecule has 1 nitrogen and oxygen atoms in total. The van der Waals surface area contributed by atoms with Crippen molar-refractivity contribution in [2.75, 3.05) is 6.54 Å². The van der Waals surface area contributed by atoms with E-state index in [4.69, 9.17) is 0 Å². The molecule has 1 heterocycles. The second kappa shape index (κ2) is 1.83. The maximum atomic E-state index is 4.27. The largest absolute Gasteiger partial charge is 0.238 e. The molecule has 1 aliphatic heterocycles. The number of nitrogens with zero attached hydrogens (tertiary/aromatic N) is 1. The van der Waals surface area contributed by atoms with Crippen LogP contribution in [0.2, 0.25) is 0 Å². The molecule has 1 saturated heterocycles. The third-order valence-electron chi connectivity index (χ3n) is 1.56. The minimum absolute atomic E-state index is 0.708. The molecule has 1 radical (unpaired) electrons. The summed E-state index contributed by atoms with van der Waals surface area (Å²) < 4.78 is 0. The molecule has 0 spiro atoms. The van der Waals surface area contributed by atoms with Gasteiger partial charge in [0.05, 0.1) is 0 Å². The lowest BCUT2D eigenvalue weighted by molar-refractivity contribution is 0.282. The molecule has 7 heavy (non-hydrogen) atoms. The van der Waals surface area contributed by atoms with E-state index in [1.165, 1.54) is 6.42 Å². The zero-order valence-corrected chi connectivity index (χ0v) is 5.02. The average molecular weight is 98.2 g/mol. The zero-order valence-electron chi connectivity index (χ0n) is 5.02. The van der Waals surface area contributed by atoms with Crippen molar-refractivity contribution in [1.82, 2.24) is 5.32 Å². The van der Waals surface area contributed by atoms with Gasteiger partial charge in [-0.3, -0.25) is 0 Å². The van der Waals surface area contributed by atoms with Crippen LogP contribution in [0.4, 0.5) is 0 Å². The molecular formula is C6H12N. The monoisotopic (exact) mass is 98.1 g/mol. The van der Waals surface area contributed by atoms with Gasteiger partial charge in [0.25, 0.3) is 0 Å². The van der Waals surface area contributed by atoms with Crippen molar-refractivity contribution >= 4 is 0 Å². The summed E-state index contributed by atoms with van der Waals surface area (Å²) in [5.41, 5.74) is 0. The molecular weight excluding hydrogens is 86.1 g/mol. The van der Waals surface area contributed by atoms with Crippen LogP contribution >= 0.6 is 0 Å². The summed E-state index contributed by atoms with van der Waals surface area (Å²) >= 11 is 0. The Kier molecular flexibility index (Phi) is 1.33. The normalized spacial score (nSPS) is 30.4. The van der Waals surface area contributed by atoms with E-state index >= 15 is 0 Å².